The Hall–Kier alpha value is -1.69. The molecule has 0 bridgehead atoms. The normalized spacial score (nSPS) is 22.9. The average Bonchev–Trinajstić information content (AvgIpc) is 2.88. The van der Waals surface area contributed by atoms with Gasteiger partial charge in [-0.25, -0.2) is 4.39 Å². The minimum Gasteiger partial charge on any atom is -0.373 e. The number of hydrogen-bond acceptors (Lipinski definition) is 3. The van der Waals surface area contributed by atoms with E-state index in [-0.39, 0.29) is 11.4 Å². The molecule has 2 heterocycles. The fraction of sp³-hybridized carbons (Fsp3) is 0.571. The Morgan fingerprint density at radius 1 is 1.55 bits per heavy atom. The number of guanidine groups is 1. The van der Waals surface area contributed by atoms with Gasteiger partial charge in [-0.2, -0.15) is 0 Å². The molecule has 1 aliphatic heterocycles. The van der Waals surface area contributed by atoms with Crippen molar-refractivity contribution in [2.75, 3.05) is 20.2 Å². The van der Waals surface area contributed by atoms with E-state index in [1.165, 1.54) is 6.07 Å². The zero-order valence-corrected chi connectivity index (χ0v) is 11.9. The maximum Gasteiger partial charge on any atom is 0.191 e. The van der Waals surface area contributed by atoms with Crippen molar-refractivity contribution in [2.45, 2.75) is 31.9 Å². The third kappa shape index (κ3) is 3.90. The molecule has 0 spiro atoms. The van der Waals surface area contributed by atoms with Crippen molar-refractivity contribution < 1.29 is 9.13 Å². The molecule has 0 saturated carbocycles. The van der Waals surface area contributed by atoms with Crippen molar-refractivity contribution in [3.8, 4) is 0 Å². The van der Waals surface area contributed by atoms with Gasteiger partial charge in [-0.1, -0.05) is 0 Å². The van der Waals surface area contributed by atoms with Gasteiger partial charge in [0.15, 0.2) is 5.96 Å². The molecule has 1 fully saturated rings. The molecular weight excluding hydrogens is 259 g/mol. The van der Waals surface area contributed by atoms with Crippen LogP contribution in [0.2, 0.25) is 0 Å². The summed E-state index contributed by atoms with van der Waals surface area (Å²) in [6.45, 7) is 3.86. The molecule has 1 atom stereocenters. The van der Waals surface area contributed by atoms with Gasteiger partial charge in [0.25, 0.3) is 0 Å². The first-order valence-electron chi connectivity index (χ1n) is 6.81. The highest BCUT2D eigenvalue weighted by molar-refractivity contribution is 5.79. The molecule has 5 nitrogen and oxygen atoms in total. The van der Waals surface area contributed by atoms with Gasteiger partial charge in [-0.05, 0) is 31.9 Å². The van der Waals surface area contributed by atoms with Gasteiger partial charge in [0.1, 0.15) is 5.82 Å². The van der Waals surface area contributed by atoms with Gasteiger partial charge in [0.2, 0.25) is 0 Å². The molecule has 2 rings (SSSR count). The molecule has 1 saturated heterocycles. The minimum absolute atomic E-state index is 0.145. The predicted molar refractivity (Wildman–Crippen MR) is 76.0 cm³/mol. The van der Waals surface area contributed by atoms with Crippen LogP contribution in [0.1, 0.15) is 25.5 Å². The molecule has 1 aliphatic rings. The average molecular weight is 280 g/mol. The SMILES string of the molecule is CN=C(NCc1ncccc1F)NCC1(C)CCCO1. The van der Waals surface area contributed by atoms with E-state index in [4.69, 9.17) is 4.74 Å². The minimum atomic E-state index is -0.318. The maximum absolute atomic E-state index is 13.5. The molecule has 110 valence electrons. The van der Waals surface area contributed by atoms with Crippen LogP contribution in [0.25, 0.3) is 0 Å². The van der Waals surface area contributed by atoms with Crippen molar-refractivity contribution in [3.05, 3.63) is 29.8 Å². The second-order valence-corrected chi connectivity index (χ2v) is 5.11. The van der Waals surface area contributed by atoms with Crippen LogP contribution in [0.3, 0.4) is 0 Å². The summed E-state index contributed by atoms with van der Waals surface area (Å²) in [6, 6.07) is 2.97. The first-order valence-corrected chi connectivity index (χ1v) is 6.81. The molecule has 6 heteroatoms. The van der Waals surface area contributed by atoms with Crippen LogP contribution >= 0.6 is 0 Å². The monoisotopic (exact) mass is 280 g/mol. The number of aliphatic imine (C=N–C) groups is 1. The highest BCUT2D eigenvalue weighted by atomic mass is 19.1. The third-order valence-electron chi connectivity index (χ3n) is 3.41. The number of nitrogens with zero attached hydrogens (tertiary/aromatic N) is 2. The van der Waals surface area contributed by atoms with Gasteiger partial charge in [-0.3, -0.25) is 9.98 Å². The van der Waals surface area contributed by atoms with Crippen molar-refractivity contribution in [1.29, 1.82) is 0 Å². The van der Waals surface area contributed by atoms with Crippen LogP contribution in [-0.2, 0) is 11.3 Å². The number of hydrogen-bond donors (Lipinski definition) is 2. The lowest BCUT2D eigenvalue weighted by Crippen LogP contribution is -2.45. The molecule has 2 N–H and O–H groups in total. The molecule has 1 aromatic rings. The van der Waals surface area contributed by atoms with Crippen LogP contribution < -0.4 is 10.6 Å². The number of rotatable bonds is 4. The number of nitrogens with one attached hydrogen (secondary N) is 2. The molecule has 0 radical (unpaired) electrons. The molecule has 1 aromatic heterocycles. The lowest BCUT2D eigenvalue weighted by atomic mass is 10.0. The van der Waals surface area contributed by atoms with Crippen LogP contribution in [-0.4, -0.2) is 36.7 Å². The van der Waals surface area contributed by atoms with E-state index >= 15 is 0 Å². The Bertz CT molecular complexity index is 472. The van der Waals surface area contributed by atoms with Crippen LogP contribution in [0.5, 0.6) is 0 Å². The van der Waals surface area contributed by atoms with Crippen molar-refractivity contribution in [1.82, 2.24) is 15.6 Å². The molecule has 0 aliphatic carbocycles. The highest BCUT2D eigenvalue weighted by Crippen LogP contribution is 2.23. The number of halogens is 1. The zero-order valence-electron chi connectivity index (χ0n) is 11.9. The summed E-state index contributed by atoms with van der Waals surface area (Å²) in [5.41, 5.74) is 0.229. The standard InChI is InChI=1S/C14H21FN4O/c1-14(6-4-8-20-14)10-19-13(16-2)18-9-12-11(15)5-3-7-17-12/h3,5,7H,4,6,8-10H2,1-2H3,(H2,16,18,19). The van der Waals surface area contributed by atoms with Crippen molar-refractivity contribution in [2.24, 2.45) is 4.99 Å². The van der Waals surface area contributed by atoms with Crippen molar-refractivity contribution in [3.63, 3.8) is 0 Å². The van der Waals surface area contributed by atoms with E-state index in [1.54, 1.807) is 19.3 Å². The number of aromatic nitrogens is 1. The summed E-state index contributed by atoms with van der Waals surface area (Å²) in [6.07, 6.45) is 3.69. The van der Waals surface area contributed by atoms with Gasteiger partial charge in [-0.15, -0.1) is 0 Å². The van der Waals surface area contributed by atoms with Crippen molar-refractivity contribution >= 4 is 5.96 Å². The summed E-state index contributed by atoms with van der Waals surface area (Å²) in [5, 5.41) is 6.25. The maximum atomic E-state index is 13.5. The van der Waals surface area contributed by atoms with Gasteiger partial charge in [0.05, 0.1) is 17.8 Å². The Balaban J connectivity index is 1.82. The van der Waals surface area contributed by atoms with E-state index in [9.17, 15) is 4.39 Å². The molecule has 0 amide bonds. The van der Waals surface area contributed by atoms with E-state index in [2.05, 4.69) is 27.5 Å². The second-order valence-electron chi connectivity index (χ2n) is 5.11. The van der Waals surface area contributed by atoms with Gasteiger partial charge < -0.3 is 15.4 Å². The summed E-state index contributed by atoms with van der Waals surface area (Å²) in [4.78, 5) is 8.10. The van der Waals surface area contributed by atoms with E-state index < -0.39 is 0 Å². The van der Waals surface area contributed by atoms with Crippen LogP contribution in [0.15, 0.2) is 23.3 Å². The summed E-state index contributed by atoms with van der Waals surface area (Å²) < 4.78 is 19.2. The molecular formula is C14H21FN4O. The largest absolute Gasteiger partial charge is 0.373 e. The van der Waals surface area contributed by atoms with Gasteiger partial charge in [0, 0.05) is 26.4 Å². The lowest BCUT2D eigenvalue weighted by Gasteiger charge is -2.24. The van der Waals surface area contributed by atoms with Crippen LogP contribution in [0.4, 0.5) is 4.39 Å². The summed E-state index contributed by atoms with van der Waals surface area (Å²) in [7, 11) is 1.68. The van der Waals surface area contributed by atoms with Gasteiger partial charge >= 0.3 is 0 Å². The highest BCUT2D eigenvalue weighted by Gasteiger charge is 2.29. The van der Waals surface area contributed by atoms with E-state index in [0.29, 0.717) is 24.7 Å². The lowest BCUT2D eigenvalue weighted by molar-refractivity contribution is 0.0243. The summed E-state index contributed by atoms with van der Waals surface area (Å²) in [5.74, 6) is 0.299. The Morgan fingerprint density at radius 2 is 2.40 bits per heavy atom. The predicted octanol–water partition coefficient (Wildman–Crippen LogP) is 1.45. The number of pyridine rings is 1. The molecule has 0 aromatic carbocycles. The smallest absolute Gasteiger partial charge is 0.191 e. The Kier molecular flexibility index (Phi) is 4.89. The molecule has 20 heavy (non-hydrogen) atoms. The Morgan fingerprint density at radius 3 is 3.05 bits per heavy atom. The fourth-order valence-corrected chi connectivity index (χ4v) is 2.18. The molecule has 1 unspecified atom stereocenters. The number of ether oxygens (including phenoxy) is 1. The topological polar surface area (TPSA) is 58.5 Å². The van der Waals surface area contributed by atoms with Crippen LogP contribution in [0, 0.1) is 5.82 Å². The second kappa shape index (κ2) is 6.65. The first kappa shape index (κ1) is 14.7. The zero-order chi connectivity index (χ0) is 14.4. The van der Waals surface area contributed by atoms with E-state index in [0.717, 1.165) is 19.4 Å². The Labute approximate surface area is 118 Å². The third-order valence-corrected chi connectivity index (χ3v) is 3.41. The summed E-state index contributed by atoms with van der Waals surface area (Å²) >= 11 is 0. The quantitative estimate of drug-likeness (QED) is 0.647. The first-order chi connectivity index (χ1) is 9.63. The van der Waals surface area contributed by atoms with E-state index in [1.807, 2.05) is 0 Å². The fourth-order valence-electron chi connectivity index (χ4n) is 2.18.